The lowest BCUT2D eigenvalue weighted by molar-refractivity contribution is -0.159. The Labute approximate surface area is 160 Å². The van der Waals surface area contributed by atoms with Crippen LogP contribution in [0.3, 0.4) is 0 Å². The number of carboxylic acids is 2. The predicted octanol–water partition coefficient (Wildman–Crippen LogP) is 2.80. The SMILES string of the molecule is CCOC1(c2ccccc2)Sc2ccccc2N(C)C1=O.O=C(O)C(=O)O. The zero-order valence-electron chi connectivity index (χ0n) is 14.8. The first-order valence-corrected chi connectivity index (χ1v) is 8.87. The van der Waals surface area contributed by atoms with Crippen LogP contribution in [0.2, 0.25) is 0 Å². The Morgan fingerprint density at radius 3 is 2.15 bits per heavy atom. The summed E-state index contributed by atoms with van der Waals surface area (Å²) in [5.41, 5.74) is 1.81. The molecule has 0 bridgehead atoms. The molecule has 0 radical (unpaired) electrons. The van der Waals surface area contributed by atoms with E-state index in [1.54, 1.807) is 11.9 Å². The summed E-state index contributed by atoms with van der Waals surface area (Å²) in [6.45, 7) is 2.39. The highest BCUT2D eigenvalue weighted by Gasteiger charge is 2.48. The summed E-state index contributed by atoms with van der Waals surface area (Å²) >= 11 is 1.48. The van der Waals surface area contributed by atoms with Gasteiger partial charge in [0.15, 0.2) is 0 Å². The molecule has 1 amide bonds. The number of carboxylic acid groups (broad SMARTS) is 2. The van der Waals surface area contributed by atoms with Gasteiger partial charge in [-0.3, -0.25) is 4.79 Å². The number of hydrogen-bond donors (Lipinski definition) is 2. The van der Waals surface area contributed by atoms with E-state index in [2.05, 4.69) is 0 Å². The summed E-state index contributed by atoms with van der Waals surface area (Å²) in [5.74, 6) is -3.69. The van der Waals surface area contributed by atoms with E-state index < -0.39 is 16.9 Å². The van der Waals surface area contributed by atoms with E-state index in [0.717, 1.165) is 16.1 Å². The number of likely N-dealkylation sites (N-methyl/N-ethyl adjacent to an activating group) is 1. The number of ether oxygens (including phenoxy) is 1. The average Bonchev–Trinajstić information content (AvgIpc) is 2.67. The van der Waals surface area contributed by atoms with Gasteiger partial charge in [0.1, 0.15) is 0 Å². The Balaban J connectivity index is 0.000000380. The Hall–Kier alpha value is -2.84. The molecule has 2 aromatic rings. The van der Waals surface area contributed by atoms with E-state index in [1.807, 2.05) is 61.5 Å². The van der Waals surface area contributed by atoms with Crippen molar-refractivity contribution in [3.8, 4) is 0 Å². The number of rotatable bonds is 3. The molecule has 1 aliphatic rings. The van der Waals surface area contributed by atoms with Gasteiger partial charge in [-0.2, -0.15) is 0 Å². The molecule has 3 rings (SSSR count). The number of fused-ring (bicyclic) bond motifs is 1. The molecule has 1 aliphatic heterocycles. The van der Waals surface area contributed by atoms with Crippen molar-refractivity contribution in [1.29, 1.82) is 0 Å². The third kappa shape index (κ3) is 4.29. The molecular weight excluding hydrogens is 370 g/mol. The number of nitrogens with zero attached hydrogens (tertiary/aromatic N) is 1. The summed E-state index contributed by atoms with van der Waals surface area (Å²) in [5, 5.41) is 14.8. The Kier molecular flexibility index (Phi) is 6.59. The molecule has 27 heavy (non-hydrogen) atoms. The molecule has 0 saturated carbocycles. The molecule has 0 saturated heterocycles. The summed E-state index contributed by atoms with van der Waals surface area (Å²) < 4.78 is 5.97. The van der Waals surface area contributed by atoms with Gasteiger partial charge < -0.3 is 19.8 Å². The monoisotopic (exact) mass is 389 g/mol. The van der Waals surface area contributed by atoms with Crippen molar-refractivity contribution in [1.82, 2.24) is 0 Å². The summed E-state index contributed by atoms with van der Waals surface area (Å²) in [4.78, 5) is 32.9. The van der Waals surface area contributed by atoms with E-state index >= 15 is 0 Å². The Morgan fingerprint density at radius 1 is 1.04 bits per heavy atom. The third-order valence-corrected chi connectivity index (χ3v) is 5.13. The highest BCUT2D eigenvalue weighted by atomic mass is 32.2. The van der Waals surface area contributed by atoms with Crippen LogP contribution in [-0.2, 0) is 24.1 Å². The maximum Gasteiger partial charge on any atom is 0.414 e. The normalized spacial score (nSPS) is 18.1. The summed E-state index contributed by atoms with van der Waals surface area (Å²) in [6.07, 6.45) is 0. The number of aliphatic carboxylic acids is 2. The van der Waals surface area contributed by atoms with Gasteiger partial charge in [-0.1, -0.05) is 54.2 Å². The number of benzene rings is 2. The molecule has 1 heterocycles. The summed E-state index contributed by atoms with van der Waals surface area (Å²) in [6, 6.07) is 17.6. The molecule has 0 aromatic heterocycles. The van der Waals surface area contributed by atoms with Crippen LogP contribution in [-0.4, -0.2) is 41.7 Å². The van der Waals surface area contributed by atoms with Crippen molar-refractivity contribution >= 4 is 35.3 Å². The van der Waals surface area contributed by atoms with Crippen LogP contribution in [0, 0.1) is 0 Å². The summed E-state index contributed by atoms with van der Waals surface area (Å²) in [7, 11) is 1.80. The van der Waals surface area contributed by atoms with E-state index in [9.17, 15) is 4.79 Å². The average molecular weight is 389 g/mol. The maximum absolute atomic E-state index is 13.0. The van der Waals surface area contributed by atoms with Gasteiger partial charge in [-0.25, -0.2) is 9.59 Å². The van der Waals surface area contributed by atoms with Crippen LogP contribution >= 0.6 is 11.8 Å². The van der Waals surface area contributed by atoms with Gasteiger partial charge in [0.2, 0.25) is 4.93 Å². The van der Waals surface area contributed by atoms with Crippen molar-refractivity contribution in [2.75, 3.05) is 18.6 Å². The maximum atomic E-state index is 13.0. The van der Waals surface area contributed by atoms with E-state index in [1.165, 1.54) is 11.8 Å². The second kappa shape index (κ2) is 8.70. The lowest BCUT2D eigenvalue weighted by Crippen LogP contribution is -2.48. The molecule has 2 aromatic carbocycles. The van der Waals surface area contributed by atoms with Gasteiger partial charge in [-0.05, 0) is 19.1 Å². The first-order chi connectivity index (χ1) is 12.8. The molecule has 7 nitrogen and oxygen atoms in total. The minimum Gasteiger partial charge on any atom is -0.473 e. The fourth-order valence-electron chi connectivity index (χ4n) is 2.57. The van der Waals surface area contributed by atoms with Crippen LogP contribution < -0.4 is 4.90 Å². The number of carbonyl (C=O) groups excluding carboxylic acids is 1. The number of para-hydroxylation sites is 1. The van der Waals surface area contributed by atoms with Gasteiger partial charge in [0, 0.05) is 24.1 Å². The molecule has 1 unspecified atom stereocenters. The molecular formula is C19H19NO6S. The number of amides is 1. The van der Waals surface area contributed by atoms with Gasteiger partial charge in [0.25, 0.3) is 5.91 Å². The van der Waals surface area contributed by atoms with E-state index in [4.69, 9.17) is 24.5 Å². The lowest BCUT2D eigenvalue weighted by Gasteiger charge is -2.40. The molecule has 2 N–H and O–H groups in total. The molecule has 0 spiro atoms. The van der Waals surface area contributed by atoms with Crippen LogP contribution in [0.4, 0.5) is 5.69 Å². The highest BCUT2D eigenvalue weighted by molar-refractivity contribution is 8.01. The van der Waals surface area contributed by atoms with Gasteiger partial charge >= 0.3 is 11.9 Å². The zero-order valence-corrected chi connectivity index (χ0v) is 15.6. The second-order valence-electron chi connectivity index (χ2n) is 5.46. The fraction of sp³-hybridized carbons (Fsp3) is 0.211. The van der Waals surface area contributed by atoms with E-state index in [-0.39, 0.29) is 5.91 Å². The minimum atomic E-state index is -1.82. The van der Waals surface area contributed by atoms with Crippen LogP contribution in [0.5, 0.6) is 0 Å². The molecule has 0 fully saturated rings. The largest absolute Gasteiger partial charge is 0.473 e. The molecule has 142 valence electrons. The van der Waals surface area contributed by atoms with Crippen molar-refractivity contribution in [3.05, 3.63) is 60.2 Å². The van der Waals surface area contributed by atoms with Crippen molar-refractivity contribution in [2.45, 2.75) is 16.8 Å². The van der Waals surface area contributed by atoms with Crippen LogP contribution in [0.25, 0.3) is 0 Å². The highest BCUT2D eigenvalue weighted by Crippen LogP contribution is 2.50. The molecule has 0 aliphatic carbocycles. The van der Waals surface area contributed by atoms with Crippen LogP contribution in [0.15, 0.2) is 59.5 Å². The number of hydrogen-bond acceptors (Lipinski definition) is 5. The number of carbonyl (C=O) groups is 3. The second-order valence-corrected chi connectivity index (χ2v) is 6.68. The van der Waals surface area contributed by atoms with Gasteiger partial charge in [-0.15, -0.1) is 0 Å². The molecule has 1 atom stereocenters. The number of anilines is 1. The van der Waals surface area contributed by atoms with E-state index in [0.29, 0.717) is 6.61 Å². The predicted molar refractivity (Wildman–Crippen MR) is 101 cm³/mol. The Morgan fingerprint density at radius 2 is 1.59 bits per heavy atom. The quantitative estimate of drug-likeness (QED) is 0.778. The first-order valence-electron chi connectivity index (χ1n) is 8.05. The topological polar surface area (TPSA) is 104 Å². The Bertz CT molecular complexity index is 829. The third-order valence-electron chi connectivity index (χ3n) is 3.75. The van der Waals surface area contributed by atoms with Crippen molar-refractivity contribution in [2.24, 2.45) is 0 Å². The fourth-order valence-corrected chi connectivity index (χ4v) is 3.99. The van der Waals surface area contributed by atoms with Crippen molar-refractivity contribution < 1.29 is 29.3 Å². The lowest BCUT2D eigenvalue weighted by atomic mass is 10.1. The molecule has 8 heteroatoms. The number of thioether (sulfide) groups is 1. The van der Waals surface area contributed by atoms with Gasteiger partial charge in [0.05, 0.1) is 5.69 Å². The standard InChI is InChI=1S/C17H17NO2S.C2H2O4/c1-3-20-17(13-9-5-4-6-10-13)16(19)18(2)14-11-7-8-12-15(14)21-17;3-1(4)2(5)6/h4-12H,3H2,1-2H3;(H,3,4)(H,5,6). The van der Waals surface area contributed by atoms with Crippen LogP contribution in [0.1, 0.15) is 12.5 Å². The first kappa shape index (κ1) is 20.5. The minimum absolute atomic E-state index is 0.0424. The zero-order chi connectivity index (χ0) is 20.0. The smallest absolute Gasteiger partial charge is 0.414 e. The van der Waals surface area contributed by atoms with Crippen molar-refractivity contribution in [3.63, 3.8) is 0 Å².